The van der Waals surface area contributed by atoms with Crippen LogP contribution >= 0.6 is 0 Å². The highest BCUT2D eigenvalue weighted by Gasteiger charge is 2.32. The minimum absolute atomic E-state index is 0.0337. The molecule has 4 N–H and O–H groups in total. The van der Waals surface area contributed by atoms with Gasteiger partial charge >= 0.3 is 6.03 Å². The summed E-state index contributed by atoms with van der Waals surface area (Å²) in [5, 5.41) is 4.56. The first-order valence-electron chi connectivity index (χ1n) is 6.54. The maximum atomic E-state index is 11.7. The van der Waals surface area contributed by atoms with Crippen LogP contribution in [-0.2, 0) is 0 Å². The van der Waals surface area contributed by atoms with Crippen LogP contribution in [0.5, 0.6) is 0 Å². The number of aromatic nitrogens is 1. The predicted octanol–water partition coefficient (Wildman–Crippen LogP) is 1.58. The first-order chi connectivity index (χ1) is 9.18. The number of nitrogens with zero attached hydrogens (tertiary/aromatic N) is 1. The zero-order chi connectivity index (χ0) is 13.4. The number of urea groups is 1. The van der Waals surface area contributed by atoms with Crippen molar-refractivity contribution in [2.75, 3.05) is 13.1 Å². The average molecular weight is 258 g/mol. The second-order valence-electron chi connectivity index (χ2n) is 5.01. The predicted molar refractivity (Wildman–Crippen MR) is 74.8 cm³/mol. The Kier molecular flexibility index (Phi) is 2.91. The van der Waals surface area contributed by atoms with Crippen molar-refractivity contribution >= 4 is 16.9 Å². The number of amides is 2. The first-order valence-corrected chi connectivity index (χ1v) is 6.54. The Morgan fingerprint density at radius 2 is 2.26 bits per heavy atom. The number of para-hydroxylation sites is 1. The van der Waals surface area contributed by atoms with Crippen molar-refractivity contribution in [1.82, 2.24) is 15.2 Å². The van der Waals surface area contributed by atoms with Gasteiger partial charge in [0.05, 0.1) is 11.6 Å². The van der Waals surface area contributed by atoms with Crippen LogP contribution in [0.2, 0.25) is 0 Å². The molecule has 1 aromatic heterocycles. The zero-order valence-corrected chi connectivity index (χ0v) is 10.9. The molecule has 2 heterocycles. The summed E-state index contributed by atoms with van der Waals surface area (Å²) in [5.41, 5.74) is 7.72. The molecule has 0 aliphatic carbocycles. The lowest BCUT2D eigenvalue weighted by atomic mass is 9.95. The van der Waals surface area contributed by atoms with Crippen molar-refractivity contribution in [1.29, 1.82) is 0 Å². The molecule has 19 heavy (non-hydrogen) atoms. The summed E-state index contributed by atoms with van der Waals surface area (Å²) < 4.78 is 0. The van der Waals surface area contributed by atoms with E-state index in [0.29, 0.717) is 6.54 Å². The number of hydrogen-bond acceptors (Lipinski definition) is 2. The van der Waals surface area contributed by atoms with Crippen LogP contribution in [0.3, 0.4) is 0 Å². The summed E-state index contributed by atoms with van der Waals surface area (Å²) in [7, 11) is 0. The summed E-state index contributed by atoms with van der Waals surface area (Å²) in [5.74, 6) is 0. The van der Waals surface area contributed by atoms with Crippen LogP contribution in [0.25, 0.3) is 10.9 Å². The van der Waals surface area contributed by atoms with Crippen LogP contribution < -0.4 is 11.1 Å². The molecule has 1 aliphatic heterocycles. The van der Waals surface area contributed by atoms with Gasteiger partial charge in [0.15, 0.2) is 0 Å². The third kappa shape index (κ3) is 1.96. The van der Waals surface area contributed by atoms with E-state index in [1.54, 1.807) is 4.90 Å². The quantitative estimate of drug-likeness (QED) is 0.726. The fourth-order valence-corrected chi connectivity index (χ4v) is 2.97. The molecule has 0 bridgehead atoms. The monoisotopic (exact) mass is 258 g/mol. The van der Waals surface area contributed by atoms with Crippen molar-refractivity contribution in [3.8, 4) is 0 Å². The SMILES string of the molecule is CC1NCCN(C(N)=O)C1c1cccc2cc[nH]c12. The van der Waals surface area contributed by atoms with Gasteiger partial charge in [0.25, 0.3) is 0 Å². The lowest BCUT2D eigenvalue weighted by Crippen LogP contribution is -2.55. The third-order valence-electron chi connectivity index (χ3n) is 3.85. The molecule has 1 saturated heterocycles. The molecule has 5 heteroatoms. The van der Waals surface area contributed by atoms with E-state index < -0.39 is 0 Å². The Morgan fingerprint density at radius 3 is 3.05 bits per heavy atom. The van der Waals surface area contributed by atoms with Gasteiger partial charge < -0.3 is 20.9 Å². The number of H-pyrrole nitrogens is 1. The third-order valence-corrected chi connectivity index (χ3v) is 3.85. The molecule has 100 valence electrons. The van der Waals surface area contributed by atoms with Crippen LogP contribution in [0.15, 0.2) is 30.5 Å². The van der Waals surface area contributed by atoms with Crippen LogP contribution in [0.1, 0.15) is 18.5 Å². The van der Waals surface area contributed by atoms with Gasteiger partial charge in [0.1, 0.15) is 0 Å². The molecular formula is C14H18N4O. The van der Waals surface area contributed by atoms with E-state index in [4.69, 9.17) is 5.73 Å². The highest BCUT2D eigenvalue weighted by atomic mass is 16.2. The number of nitrogens with one attached hydrogen (secondary N) is 2. The van der Waals surface area contributed by atoms with Crippen LogP contribution in [-0.4, -0.2) is 35.0 Å². The largest absolute Gasteiger partial charge is 0.361 e. The summed E-state index contributed by atoms with van der Waals surface area (Å²) >= 11 is 0. The molecule has 0 saturated carbocycles. The highest BCUT2D eigenvalue weighted by molar-refractivity contribution is 5.84. The molecule has 2 unspecified atom stereocenters. The fraction of sp³-hybridized carbons (Fsp3) is 0.357. The minimum Gasteiger partial charge on any atom is -0.361 e. The van der Waals surface area contributed by atoms with Gasteiger partial charge in [-0.05, 0) is 18.4 Å². The Bertz CT molecular complexity index is 606. The van der Waals surface area contributed by atoms with Crippen molar-refractivity contribution in [2.24, 2.45) is 5.73 Å². The van der Waals surface area contributed by atoms with E-state index in [2.05, 4.69) is 29.4 Å². The lowest BCUT2D eigenvalue weighted by Gasteiger charge is -2.40. The van der Waals surface area contributed by atoms with E-state index in [1.807, 2.05) is 18.3 Å². The van der Waals surface area contributed by atoms with E-state index in [-0.39, 0.29) is 18.1 Å². The number of fused-ring (bicyclic) bond motifs is 1. The van der Waals surface area contributed by atoms with Crippen LogP contribution in [0.4, 0.5) is 4.79 Å². The first kappa shape index (κ1) is 12.0. The molecule has 1 fully saturated rings. The summed E-state index contributed by atoms with van der Waals surface area (Å²) in [6.45, 7) is 3.50. The molecule has 5 nitrogen and oxygen atoms in total. The van der Waals surface area contributed by atoms with E-state index >= 15 is 0 Å². The van der Waals surface area contributed by atoms with Crippen molar-refractivity contribution < 1.29 is 4.79 Å². The zero-order valence-electron chi connectivity index (χ0n) is 10.9. The van der Waals surface area contributed by atoms with E-state index in [9.17, 15) is 4.79 Å². The number of carbonyl (C=O) groups excluding carboxylic acids is 1. The fourth-order valence-electron chi connectivity index (χ4n) is 2.97. The molecule has 2 aromatic rings. The Morgan fingerprint density at radius 1 is 1.42 bits per heavy atom. The average Bonchev–Trinajstić information content (AvgIpc) is 2.86. The van der Waals surface area contributed by atoms with Crippen molar-refractivity contribution in [2.45, 2.75) is 19.0 Å². The van der Waals surface area contributed by atoms with Gasteiger partial charge in [-0.1, -0.05) is 18.2 Å². The van der Waals surface area contributed by atoms with Crippen molar-refractivity contribution in [3.05, 3.63) is 36.0 Å². The minimum atomic E-state index is -0.359. The second kappa shape index (κ2) is 4.59. The second-order valence-corrected chi connectivity index (χ2v) is 5.01. The molecule has 3 rings (SSSR count). The van der Waals surface area contributed by atoms with Gasteiger partial charge in [-0.15, -0.1) is 0 Å². The summed E-state index contributed by atoms with van der Waals surface area (Å²) in [6, 6.07) is 7.96. The summed E-state index contributed by atoms with van der Waals surface area (Å²) in [6.07, 6.45) is 1.92. The van der Waals surface area contributed by atoms with Gasteiger partial charge in [-0.3, -0.25) is 0 Å². The number of benzene rings is 1. The van der Waals surface area contributed by atoms with E-state index in [0.717, 1.165) is 23.0 Å². The smallest absolute Gasteiger partial charge is 0.315 e. The Hall–Kier alpha value is -2.01. The maximum absolute atomic E-state index is 11.7. The topological polar surface area (TPSA) is 74.2 Å². The number of primary amides is 1. The Labute approximate surface area is 111 Å². The molecular weight excluding hydrogens is 240 g/mol. The lowest BCUT2D eigenvalue weighted by molar-refractivity contribution is 0.145. The molecule has 1 aliphatic rings. The van der Waals surface area contributed by atoms with E-state index in [1.165, 1.54) is 0 Å². The van der Waals surface area contributed by atoms with Gasteiger partial charge in [0.2, 0.25) is 0 Å². The van der Waals surface area contributed by atoms with Crippen molar-refractivity contribution in [3.63, 3.8) is 0 Å². The number of rotatable bonds is 1. The van der Waals surface area contributed by atoms with Crippen LogP contribution in [0, 0.1) is 0 Å². The number of aromatic amines is 1. The normalized spacial score (nSPS) is 23.7. The number of piperazine rings is 1. The number of carbonyl (C=O) groups is 1. The van der Waals surface area contributed by atoms with Gasteiger partial charge in [0, 0.05) is 30.9 Å². The summed E-state index contributed by atoms with van der Waals surface area (Å²) in [4.78, 5) is 16.7. The number of nitrogens with two attached hydrogens (primary N) is 1. The highest BCUT2D eigenvalue weighted by Crippen LogP contribution is 2.31. The standard InChI is InChI=1S/C14H18N4O/c1-9-13(18(14(15)19)8-7-16-9)11-4-2-3-10-5-6-17-12(10)11/h2-6,9,13,16-17H,7-8H2,1H3,(H2,15,19). The number of hydrogen-bond donors (Lipinski definition) is 3. The molecule has 2 atom stereocenters. The molecule has 1 aromatic carbocycles. The molecule has 0 spiro atoms. The molecule has 0 radical (unpaired) electrons. The van der Waals surface area contributed by atoms with Gasteiger partial charge in [-0.25, -0.2) is 4.79 Å². The maximum Gasteiger partial charge on any atom is 0.315 e. The Balaban J connectivity index is 2.11. The molecule has 2 amide bonds. The van der Waals surface area contributed by atoms with Gasteiger partial charge in [-0.2, -0.15) is 0 Å².